The lowest BCUT2D eigenvalue weighted by Crippen LogP contribution is -2.30. The molecule has 1 aromatic carbocycles. The smallest absolute Gasteiger partial charge is 0.258 e. The van der Waals surface area contributed by atoms with E-state index in [1.165, 1.54) is 0 Å². The topological polar surface area (TPSA) is 47.6 Å². The minimum Gasteiger partial charge on any atom is -0.494 e. The Kier molecular flexibility index (Phi) is 6.27. The first kappa shape index (κ1) is 16.4. The zero-order chi connectivity index (χ0) is 15.8. The monoisotopic (exact) mass is 319 g/mol. The van der Waals surface area contributed by atoms with Crippen LogP contribution in [0.25, 0.3) is 0 Å². The molecule has 0 radical (unpaired) electrons. The van der Waals surface area contributed by atoms with Crippen LogP contribution in [0.2, 0.25) is 0 Å². The molecule has 0 aliphatic carbocycles. The molecule has 5 heteroatoms. The molecule has 0 aliphatic heterocycles. The molecule has 1 amide bonds. The first-order chi connectivity index (χ1) is 10.7. The summed E-state index contributed by atoms with van der Waals surface area (Å²) >= 11 is 1.63. The van der Waals surface area contributed by atoms with Crippen LogP contribution in [0, 0.1) is 0 Å². The Labute approximate surface area is 135 Å². The van der Waals surface area contributed by atoms with Crippen molar-refractivity contribution in [3.8, 4) is 11.5 Å². The van der Waals surface area contributed by atoms with Gasteiger partial charge in [0, 0.05) is 4.88 Å². The first-order valence-electron chi connectivity index (χ1n) is 7.37. The number of nitrogens with one attached hydrogen (secondary N) is 1. The SMILES string of the molecule is CCCOc1ccc(OCC(=O)NC(C)c2cccs2)cc1. The summed E-state index contributed by atoms with van der Waals surface area (Å²) in [5.41, 5.74) is 0. The van der Waals surface area contributed by atoms with Crippen LogP contribution in [0.15, 0.2) is 41.8 Å². The second-order valence-electron chi connectivity index (χ2n) is 4.91. The predicted molar refractivity (Wildman–Crippen MR) is 88.6 cm³/mol. The van der Waals surface area contributed by atoms with Gasteiger partial charge in [-0.1, -0.05) is 13.0 Å². The molecule has 1 atom stereocenters. The highest BCUT2D eigenvalue weighted by Crippen LogP contribution is 2.19. The molecule has 1 heterocycles. The number of carbonyl (C=O) groups excluding carboxylic acids is 1. The maximum atomic E-state index is 11.9. The Morgan fingerprint density at radius 2 is 1.86 bits per heavy atom. The summed E-state index contributed by atoms with van der Waals surface area (Å²) in [5, 5.41) is 4.91. The maximum absolute atomic E-state index is 11.9. The van der Waals surface area contributed by atoms with E-state index in [9.17, 15) is 4.79 Å². The van der Waals surface area contributed by atoms with Crippen molar-refractivity contribution < 1.29 is 14.3 Å². The molecule has 1 unspecified atom stereocenters. The molecule has 2 aromatic rings. The first-order valence-corrected chi connectivity index (χ1v) is 8.25. The largest absolute Gasteiger partial charge is 0.494 e. The summed E-state index contributed by atoms with van der Waals surface area (Å²) in [7, 11) is 0. The molecule has 22 heavy (non-hydrogen) atoms. The summed E-state index contributed by atoms with van der Waals surface area (Å²) in [5.74, 6) is 1.33. The number of amides is 1. The number of hydrogen-bond donors (Lipinski definition) is 1. The van der Waals surface area contributed by atoms with Gasteiger partial charge in [-0.15, -0.1) is 11.3 Å². The van der Waals surface area contributed by atoms with Gasteiger partial charge in [0.2, 0.25) is 0 Å². The van der Waals surface area contributed by atoms with Gasteiger partial charge in [0.15, 0.2) is 6.61 Å². The summed E-state index contributed by atoms with van der Waals surface area (Å²) in [6, 6.07) is 11.3. The van der Waals surface area contributed by atoms with Gasteiger partial charge in [-0.3, -0.25) is 4.79 Å². The van der Waals surface area contributed by atoms with Crippen molar-refractivity contribution in [3.63, 3.8) is 0 Å². The van der Waals surface area contributed by atoms with E-state index in [4.69, 9.17) is 9.47 Å². The second kappa shape index (κ2) is 8.44. The van der Waals surface area contributed by atoms with Gasteiger partial charge in [-0.2, -0.15) is 0 Å². The summed E-state index contributed by atoms with van der Waals surface area (Å²) < 4.78 is 11.0. The molecule has 1 N–H and O–H groups in total. The molecular weight excluding hydrogens is 298 g/mol. The molecule has 1 aromatic heterocycles. The highest BCUT2D eigenvalue weighted by molar-refractivity contribution is 7.10. The van der Waals surface area contributed by atoms with Crippen LogP contribution in [0.4, 0.5) is 0 Å². The van der Waals surface area contributed by atoms with E-state index in [0.717, 1.165) is 17.0 Å². The van der Waals surface area contributed by atoms with Crippen molar-refractivity contribution in [2.45, 2.75) is 26.3 Å². The number of ether oxygens (including phenoxy) is 2. The van der Waals surface area contributed by atoms with Crippen LogP contribution in [0.3, 0.4) is 0 Å². The van der Waals surface area contributed by atoms with E-state index in [2.05, 4.69) is 12.2 Å². The normalized spacial score (nSPS) is 11.7. The highest BCUT2D eigenvalue weighted by Gasteiger charge is 2.10. The number of thiophene rings is 1. The third-order valence-corrected chi connectivity index (χ3v) is 4.07. The fourth-order valence-corrected chi connectivity index (χ4v) is 2.63. The van der Waals surface area contributed by atoms with Crippen molar-refractivity contribution in [3.05, 3.63) is 46.7 Å². The second-order valence-corrected chi connectivity index (χ2v) is 5.89. The fraction of sp³-hybridized carbons (Fsp3) is 0.353. The Hall–Kier alpha value is -2.01. The van der Waals surface area contributed by atoms with Crippen LogP contribution < -0.4 is 14.8 Å². The average Bonchev–Trinajstić information content (AvgIpc) is 3.06. The highest BCUT2D eigenvalue weighted by atomic mass is 32.1. The zero-order valence-electron chi connectivity index (χ0n) is 12.9. The lowest BCUT2D eigenvalue weighted by molar-refractivity contribution is -0.123. The number of benzene rings is 1. The number of carbonyl (C=O) groups is 1. The van der Waals surface area contributed by atoms with Crippen molar-refractivity contribution in [1.82, 2.24) is 5.32 Å². The predicted octanol–water partition coefficient (Wildman–Crippen LogP) is 3.79. The van der Waals surface area contributed by atoms with Gasteiger partial charge in [0.05, 0.1) is 12.6 Å². The van der Waals surface area contributed by atoms with Crippen LogP contribution in [-0.2, 0) is 4.79 Å². The lowest BCUT2D eigenvalue weighted by Gasteiger charge is -2.13. The van der Waals surface area contributed by atoms with Gasteiger partial charge >= 0.3 is 0 Å². The van der Waals surface area contributed by atoms with Gasteiger partial charge in [-0.05, 0) is 49.1 Å². The molecule has 118 valence electrons. The van der Waals surface area contributed by atoms with Crippen LogP contribution in [0.5, 0.6) is 11.5 Å². The zero-order valence-corrected chi connectivity index (χ0v) is 13.7. The average molecular weight is 319 g/mol. The lowest BCUT2D eigenvalue weighted by atomic mass is 10.3. The standard InChI is InChI=1S/C17H21NO3S/c1-3-10-20-14-6-8-15(9-7-14)21-12-17(19)18-13(2)16-5-4-11-22-16/h4-9,11,13H,3,10,12H2,1-2H3,(H,18,19). The summed E-state index contributed by atoms with van der Waals surface area (Å²) in [6.45, 7) is 4.73. The van der Waals surface area contributed by atoms with Crippen molar-refractivity contribution in [1.29, 1.82) is 0 Å². The summed E-state index contributed by atoms with van der Waals surface area (Å²) in [6.07, 6.45) is 0.973. The third kappa shape index (κ3) is 5.07. The minimum atomic E-state index is -0.132. The Balaban J connectivity index is 1.76. The van der Waals surface area contributed by atoms with Gasteiger partial charge in [0.25, 0.3) is 5.91 Å². The van der Waals surface area contributed by atoms with Crippen LogP contribution >= 0.6 is 11.3 Å². The van der Waals surface area contributed by atoms with Crippen molar-refractivity contribution in [2.75, 3.05) is 13.2 Å². The molecular formula is C17H21NO3S. The van der Waals surface area contributed by atoms with Crippen LogP contribution in [0.1, 0.15) is 31.2 Å². The van der Waals surface area contributed by atoms with Crippen molar-refractivity contribution >= 4 is 17.2 Å². The van der Waals surface area contributed by atoms with E-state index >= 15 is 0 Å². The van der Waals surface area contributed by atoms with E-state index in [-0.39, 0.29) is 18.6 Å². The molecule has 0 fully saturated rings. The van der Waals surface area contributed by atoms with Gasteiger partial charge in [0.1, 0.15) is 11.5 Å². The van der Waals surface area contributed by atoms with E-state index in [1.54, 1.807) is 23.5 Å². The molecule has 2 rings (SSSR count). The molecule has 0 saturated carbocycles. The van der Waals surface area contributed by atoms with E-state index < -0.39 is 0 Å². The third-order valence-electron chi connectivity index (χ3n) is 3.01. The Bertz CT molecular complexity index is 566. The molecule has 0 saturated heterocycles. The van der Waals surface area contributed by atoms with E-state index in [0.29, 0.717) is 12.4 Å². The van der Waals surface area contributed by atoms with Crippen LogP contribution in [-0.4, -0.2) is 19.1 Å². The molecule has 0 spiro atoms. The maximum Gasteiger partial charge on any atom is 0.258 e. The molecule has 0 aliphatic rings. The van der Waals surface area contributed by atoms with Gasteiger partial charge < -0.3 is 14.8 Å². The molecule has 4 nitrogen and oxygen atoms in total. The number of hydrogen-bond acceptors (Lipinski definition) is 4. The molecule has 0 bridgehead atoms. The summed E-state index contributed by atoms with van der Waals surface area (Å²) in [4.78, 5) is 13.0. The minimum absolute atomic E-state index is 0.000852. The van der Waals surface area contributed by atoms with Gasteiger partial charge in [-0.25, -0.2) is 0 Å². The van der Waals surface area contributed by atoms with Crippen molar-refractivity contribution in [2.24, 2.45) is 0 Å². The quantitative estimate of drug-likeness (QED) is 0.805. The Morgan fingerprint density at radius 1 is 1.18 bits per heavy atom. The number of rotatable bonds is 8. The van der Waals surface area contributed by atoms with E-state index in [1.807, 2.05) is 36.6 Å². The Morgan fingerprint density at radius 3 is 2.45 bits per heavy atom. The fourth-order valence-electron chi connectivity index (χ4n) is 1.89.